The summed E-state index contributed by atoms with van der Waals surface area (Å²) in [6, 6.07) is 11.2. The van der Waals surface area contributed by atoms with Crippen LogP contribution in [-0.4, -0.2) is 19.2 Å². The monoisotopic (exact) mass is 354 g/mol. The zero-order valence-electron chi connectivity index (χ0n) is 10.8. The van der Waals surface area contributed by atoms with Crippen molar-refractivity contribution in [2.75, 3.05) is 5.75 Å². The van der Waals surface area contributed by atoms with Crippen LogP contribution >= 0.6 is 15.9 Å². The lowest BCUT2D eigenvalue weighted by Gasteiger charge is -2.07. The minimum atomic E-state index is -3.27. The number of nitrogens with one attached hydrogen (secondary N) is 1. The molecule has 0 atom stereocenters. The number of aromatic nitrogens is 1. The van der Waals surface area contributed by atoms with Crippen LogP contribution in [-0.2, 0) is 23.0 Å². The molecule has 0 unspecified atom stereocenters. The molecule has 0 spiro atoms. The number of hydrogen-bond donors (Lipinski definition) is 1. The fraction of sp³-hybridized carbons (Fsp3) is 0.214. The molecule has 1 aromatic heterocycles. The van der Waals surface area contributed by atoms with Crippen molar-refractivity contribution in [1.82, 2.24) is 9.71 Å². The summed E-state index contributed by atoms with van der Waals surface area (Å²) in [7, 11) is -3.27. The van der Waals surface area contributed by atoms with Gasteiger partial charge in [0.15, 0.2) is 0 Å². The van der Waals surface area contributed by atoms with Gasteiger partial charge in [-0.05, 0) is 41.8 Å². The molecule has 0 aliphatic rings. The summed E-state index contributed by atoms with van der Waals surface area (Å²) in [4.78, 5) is 3.90. The van der Waals surface area contributed by atoms with Crippen LogP contribution in [0.5, 0.6) is 0 Å². The molecule has 4 nitrogen and oxygen atoms in total. The molecule has 0 bridgehead atoms. The van der Waals surface area contributed by atoms with Crippen molar-refractivity contribution in [3.05, 3.63) is 64.4 Å². The fourth-order valence-electron chi connectivity index (χ4n) is 1.67. The van der Waals surface area contributed by atoms with E-state index in [9.17, 15) is 8.42 Å². The zero-order chi connectivity index (χ0) is 14.4. The zero-order valence-corrected chi connectivity index (χ0v) is 13.2. The Hall–Kier alpha value is -1.24. The van der Waals surface area contributed by atoms with Gasteiger partial charge in [0.25, 0.3) is 0 Å². The Labute approximate surface area is 127 Å². The van der Waals surface area contributed by atoms with Crippen LogP contribution < -0.4 is 4.72 Å². The third-order valence-electron chi connectivity index (χ3n) is 2.82. The highest BCUT2D eigenvalue weighted by Crippen LogP contribution is 2.10. The van der Waals surface area contributed by atoms with Crippen LogP contribution in [0.15, 0.2) is 53.3 Å². The highest BCUT2D eigenvalue weighted by Gasteiger charge is 2.10. The average Bonchev–Trinajstić information content (AvgIpc) is 2.46. The summed E-state index contributed by atoms with van der Waals surface area (Å²) in [6.07, 6.45) is 3.81. The summed E-state index contributed by atoms with van der Waals surface area (Å²) in [5, 5.41) is 0. The number of pyridine rings is 1. The summed E-state index contributed by atoms with van der Waals surface area (Å²) in [5.41, 5.74) is 1.90. The maximum Gasteiger partial charge on any atom is 0.212 e. The third-order valence-corrected chi connectivity index (χ3v) is 4.67. The molecule has 1 heterocycles. The van der Waals surface area contributed by atoms with Crippen molar-refractivity contribution in [3.8, 4) is 0 Å². The van der Waals surface area contributed by atoms with E-state index in [0.717, 1.165) is 15.6 Å². The first-order valence-corrected chi connectivity index (χ1v) is 8.60. The minimum absolute atomic E-state index is 0.0769. The molecule has 2 aromatic rings. The fourth-order valence-corrected chi connectivity index (χ4v) is 2.97. The largest absolute Gasteiger partial charge is 0.265 e. The second kappa shape index (κ2) is 6.97. The first-order valence-electron chi connectivity index (χ1n) is 6.16. The van der Waals surface area contributed by atoms with Gasteiger partial charge in [-0.25, -0.2) is 13.1 Å². The molecule has 0 aliphatic heterocycles. The van der Waals surface area contributed by atoms with Crippen LogP contribution in [0.3, 0.4) is 0 Å². The lowest BCUT2D eigenvalue weighted by Crippen LogP contribution is -2.26. The van der Waals surface area contributed by atoms with Gasteiger partial charge in [0.1, 0.15) is 0 Å². The van der Waals surface area contributed by atoms with Crippen molar-refractivity contribution in [2.45, 2.75) is 13.0 Å². The maximum absolute atomic E-state index is 11.9. The van der Waals surface area contributed by atoms with Gasteiger partial charge in [-0.15, -0.1) is 0 Å². The number of rotatable bonds is 6. The Morgan fingerprint density at radius 1 is 1.00 bits per heavy atom. The number of aryl methyl sites for hydroxylation is 1. The Balaban J connectivity index is 1.86. The predicted octanol–water partition coefficient (Wildman–Crippen LogP) is 2.51. The molecular weight excluding hydrogens is 340 g/mol. The van der Waals surface area contributed by atoms with Crippen molar-refractivity contribution in [1.29, 1.82) is 0 Å². The topological polar surface area (TPSA) is 59.1 Å². The summed E-state index contributed by atoms with van der Waals surface area (Å²) in [6.45, 7) is 0.311. The minimum Gasteiger partial charge on any atom is -0.265 e. The molecule has 0 fully saturated rings. The van der Waals surface area contributed by atoms with Gasteiger partial charge in [-0.3, -0.25) is 4.98 Å². The molecule has 106 valence electrons. The van der Waals surface area contributed by atoms with Crippen molar-refractivity contribution >= 4 is 26.0 Å². The third kappa shape index (κ3) is 5.03. The summed E-state index contributed by atoms with van der Waals surface area (Å²) < 4.78 is 27.4. The van der Waals surface area contributed by atoms with E-state index in [-0.39, 0.29) is 5.75 Å². The van der Waals surface area contributed by atoms with Gasteiger partial charge in [0.2, 0.25) is 10.0 Å². The smallest absolute Gasteiger partial charge is 0.212 e. The Morgan fingerprint density at radius 3 is 2.30 bits per heavy atom. The summed E-state index contributed by atoms with van der Waals surface area (Å²) >= 11 is 3.34. The average molecular weight is 355 g/mol. The van der Waals surface area contributed by atoms with Gasteiger partial charge >= 0.3 is 0 Å². The molecule has 2 rings (SSSR count). The number of sulfonamides is 1. The molecule has 0 amide bonds. The van der Waals surface area contributed by atoms with Gasteiger partial charge in [-0.2, -0.15) is 0 Å². The van der Waals surface area contributed by atoms with E-state index in [1.807, 2.05) is 36.4 Å². The molecular formula is C14H15BrN2O2S. The van der Waals surface area contributed by atoms with Gasteiger partial charge in [-0.1, -0.05) is 28.1 Å². The second-order valence-corrected chi connectivity index (χ2v) is 7.21. The molecule has 20 heavy (non-hydrogen) atoms. The quantitative estimate of drug-likeness (QED) is 0.866. The molecule has 1 N–H and O–H groups in total. The summed E-state index contributed by atoms with van der Waals surface area (Å²) in [5.74, 6) is 0.0769. The highest BCUT2D eigenvalue weighted by molar-refractivity contribution is 9.10. The Kier molecular flexibility index (Phi) is 5.28. The maximum atomic E-state index is 11.9. The SMILES string of the molecule is O=S(=O)(CCc1ccncc1)NCc1ccc(Br)cc1. The lowest BCUT2D eigenvalue weighted by atomic mass is 10.2. The van der Waals surface area contributed by atoms with Crippen LogP contribution in [0.2, 0.25) is 0 Å². The Morgan fingerprint density at radius 2 is 1.65 bits per heavy atom. The first kappa shape index (κ1) is 15.2. The lowest BCUT2D eigenvalue weighted by molar-refractivity contribution is 0.580. The molecule has 0 radical (unpaired) electrons. The van der Waals surface area contributed by atoms with E-state index < -0.39 is 10.0 Å². The van der Waals surface area contributed by atoms with Crippen LogP contribution in [0.4, 0.5) is 0 Å². The van der Waals surface area contributed by atoms with Crippen LogP contribution in [0, 0.1) is 0 Å². The Bertz CT molecular complexity index is 643. The van der Waals surface area contributed by atoms with Gasteiger partial charge in [0, 0.05) is 23.4 Å². The molecule has 1 aromatic carbocycles. The van der Waals surface area contributed by atoms with Crippen LogP contribution in [0.25, 0.3) is 0 Å². The normalized spacial score (nSPS) is 11.4. The molecule has 0 saturated carbocycles. The van der Waals surface area contributed by atoms with Gasteiger partial charge in [0.05, 0.1) is 5.75 Å². The van der Waals surface area contributed by atoms with Crippen molar-refractivity contribution in [2.24, 2.45) is 0 Å². The molecule has 0 aliphatic carbocycles. The number of hydrogen-bond acceptors (Lipinski definition) is 3. The van der Waals surface area contributed by atoms with Gasteiger partial charge < -0.3 is 0 Å². The van der Waals surface area contributed by atoms with Crippen LogP contribution in [0.1, 0.15) is 11.1 Å². The van der Waals surface area contributed by atoms with E-state index in [2.05, 4.69) is 25.6 Å². The van der Waals surface area contributed by atoms with Crippen molar-refractivity contribution < 1.29 is 8.42 Å². The molecule has 6 heteroatoms. The standard InChI is InChI=1S/C14H15BrN2O2S/c15-14-3-1-13(2-4-14)11-17-20(18,19)10-7-12-5-8-16-9-6-12/h1-6,8-9,17H,7,10-11H2. The number of benzene rings is 1. The highest BCUT2D eigenvalue weighted by atomic mass is 79.9. The first-order chi connectivity index (χ1) is 9.55. The number of nitrogens with zero attached hydrogens (tertiary/aromatic N) is 1. The van der Waals surface area contributed by atoms with E-state index >= 15 is 0 Å². The van der Waals surface area contributed by atoms with E-state index in [0.29, 0.717) is 13.0 Å². The molecule has 0 saturated heterocycles. The van der Waals surface area contributed by atoms with E-state index in [1.54, 1.807) is 12.4 Å². The predicted molar refractivity (Wildman–Crippen MR) is 82.7 cm³/mol. The van der Waals surface area contributed by atoms with E-state index in [4.69, 9.17) is 0 Å². The second-order valence-electron chi connectivity index (χ2n) is 4.37. The van der Waals surface area contributed by atoms with E-state index in [1.165, 1.54) is 0 Å². The number of halogens is 1. The van der Waals surface area contributed by atoms with Crippen molar-refractivity contribution in [3.63, 3.8) is 0 Å².